The number of likely N-dealkylation sites (N-methyl/N-ethyl adjacent to an activating group) is 1. The first-order valence-electron chi connectivity index (χ1n) is 7.38. The van der Waals surface area contributed by atoms with Gasteiger partial charge in [-0.2, -0.15) is 4.31 Å². The van der Waals surface area contributed by atoms with Gasteiger partial charge in [0.05, 0.1) is 4.90 Å². The van der Waals surface area contributed by atoms with E-state index in [-0.39, 0.29) is 0 Å². The molecule has 1 heterocycles. The van der Waals surface area contributed by atoms with Crippen molar-refractivity contribution in [2.45, 2.75) is 24.8 Å². The van der Waals surface area contributed by atoms with Crippen LogP contribution in [-0.2, 0) is 16.6 Å². The molecule has 0 bridgehead atoms. The van der Waals surface area contributed by atoms with E-state index in [2.05, 4.69) is 10.2 Å². The van der Waals surface area contributed by atoms with E-state index in [0.717, 1.165) is 30.6 Å². The fourth-order valence-electron chi connectivity index (χ4n) is 2.64. The zero-order chi connectivity index (χ0) is 15.5. The minimum absolute atomic E-state index is 0.444. The second-order valence-electron chi connectivity index (χ2n) is 5.69. The smallest absolute Gasteiger partial charge is 0.243 e. The van der Waals surface area contributed by atoms with Crippen LogP contribution < -0.4 is 5.32 Å². The monoisotopic (exact) mass is 311 g/mol. The number of benzene rings is 1. The Morgan fingerprint density at radius 2 is 1.95 bits per heavy atom. The third-order valence-electron chi connectivity index (χ3n) is 3.93. The highest BCUT2D eigenvalue weighted by Crippen LogP contribution is 2.22. The summed E-state index contributed by atoms with van der Waals surface area (Å²) in [6.45, 7) is 5.43. The van der Waals surface area contributed by atoms with Gasteiger partial charge in [0.1, 0.15) is 0 Å². The van der Waals surface area contributed by atoms with Gasteiger partial charge >= 0.3 is 0 Å². The van der Waals surface area contributed by atoms with Gasteiger partial charge in [-0.1, -0.05) is 12.1 Å². The van der Waals surface area contributed by atoms with Crippen LogP contribution >= 0.6 is 0 Å². The van der Waals surface area contributed by atoms with Crippen molar-refractivity contribution in [1.82, 2.24) is 14.5 Å². The molecule has 0 aromatic heterocycles. The van der Waals surface area contributed by atoms with Crippen molar-refractivity contribution in [2.24, 2.45) is 0 Å². The van der Waals surface area contributed by atoms with Crippen LogP contribution in [0.25, 0.3) is 0 Å². The van der Waals surface area contributed by atoms with E-state index < -0.39 is 10.0 Å². The molecular formula is C15H25N3O2S. The summed E-state index contributed by atoms with van der Waals surface area (Å²) in [4.78, 5) is 2.62. The van der Waals surface area contributed by atoms with Gasteiger partial charge in [0.15, 0.2) is 0 Å². The molecule has 2 rings (SSSR count). The Hall–Kier alpha value is -0.950. The van der Waals surface area contributed by atoms with Crippen LogP contribution in [0.1, 0.15) is 17.5 Å². The Bertz CT molecular complexity index is 587. The number of nitrogens with one attached hydrogen (secondary N) is 1. The highest BCUT2D eigenvalue weighted by molar-refractivity contribution is 7.89. The lowest BCUT2D eigenvalue weighted by Crippen LogP contribution is -2.35. The SMILES string of the molecule is CNCc1ccc(C)c(S(=O)(=O)N2CCCN(C)CC2)c1. The molecule has 1 saturated heterocycles. The molecule has 0 atom stereocenters. The molecule has 0 spiro atoms. The van der Waals surface area contributed by atoms with Crippen LogP contribution in [0.5, 0.6) is 0 Å². The van der Waals surface area contributed by atoms with Gasteiger partial charge in [0.2, 0.25) is 10.0 Å². The van der Waals surface area contributed by atoms with E-state index in [1.165, 1.54) is 0 Å². The minimum atomic E-state index is -3.40. The minimum Gasteiger partial charge on any atom is -0.316 e. The number of aryl methyl sites for hydroxylation is 1. The first-order chi connectivity index (χ1) is 9.95. The van der Waals surface area contributed by atoms with Crippen molar-refractivity contribution in [1.29, 1.82) is 0 Å². The van der Waals surface area contributed by atoms with Crippen molar-refractivity contribution in [3.63, 3.8) is 0 Å². The number of sulfonamides is 1. The lowest BCUT2D eigenvalue weighted by molar-refractivity contribution is 0.347. The van der Waals surface area contributed by atoms with E-state index in [9.17, 15) is 8.42 Å². The first kappa shape index (κ1) is 16.4. The second kappa shape index (κ2) is 6.87. The molecule has 0 unspecified atom stereocenters. The highest BCUT2D eigenvalue weighted by atomic mass is 32.2. The van der Waals surface area contributed by atoms with Crippen molar-refractivity contribution < 1.29 is 8.42 Å². The fraction of sp³-hybridized carbons (Fsp3) is 0.600. The van der Waals surface area contributed by atoms with Crippen molar-refractivity contribution in [3.8, 4) is 0 Å². The topological polar surface area (TPSA) is 52.7 Å². The van der Waals surface area contributed by atoms with E-state index in [0.29, 0.717) is 24.5 Å². The number of hydrogen-bond donors (Lipinski definition) is 1. The molecule has 21 heavy (non-hydrogen) atoms. The van der Waals surface area contributed by atoms with Crippen LogP contribution in [0.15, 0.2) is 23.1 Å². The predicted octanol–water partition coefficient (Wildman–Crippen LogP) is 1.04. The maximum atomic E-state index is 12.9. The zero-order valence-electron chi connectivity index (χ0n) is 13.1. The molecule has 0 saturated carbocycles. The summed E-state index contributed by atoms with van der Waals surface area (Å²) in [7, 11) is 0.495. The first-order valence-corrected chi connectivity index (χ1v) is 8.82. The third-order valence-corrected chi connectivity index (χ3v) is 5.97. The van der Waals surface area contributed by atoms with Crippen molar-refractivity contribution >= 4 is 10.0 Å². The lowest BCUT2D eigenvalue weighted by atomic mass is 10.1. The van der Waals surface area contributed by atoms with Gasteiger partial charge in [-0.3, -0.25) is 0 Å². The van der Waals surface area contributed by atoms with Gasteiger partial charge in [0, 0.05) is 26.2 Å². The molecule has 0 amide bonds. The molecule has 6 heteroatoms. The Morgan fingerprint density at radius 1 is 1.19 bits per heavy atom. The van der Waals surface area contributed by atoms with Gasteiger partial charge in [-0.15, -0.1) is 0 Å². The zero-order valence-corrected chi connectivity index (χ0v) is 13.9. The molecule has 1 aromatic rings. The average molecular weight is 311 g/mol. The van der Waals surface area contributed by atoms with Crippen molar-refractivity contribution in [2.75, 3.05) is 40.3 Å². The second-order valence-corrected chi connectivity index (χ2v) is 7.60. The predicted molar refractivity (Wildman–Crippen MR) is 84.8 cm³/mol. The van der Waals surface area contributed by atoms with Crippen LogP contribution in [0.4, 0.5) is 0 Å². The Labute approximate surface area is 128 Å². The van der Waals surface area contributed by atoms with E-state index in [1.807, 2.05) is 33.2 Å². The number of nitrogens with zero attached hydrogens (tertiary/aromatic N) is 2. The molecule has 1 N–H and O–H groups in total. The summed E-state index contributed by atoms with van der Waals surface area (Å²) in [6.07, 6.45) is 0.880. The molecule has 1 aliphatic rings. The molecule has 1 aliphatic heterocycles. The van der Waals surface area contributed by atoms with Gasteiger partial charge in [-0.05, 0) is 51.2 Å². The van der Waals surface area contributed by atoms with Crippen LogP contribution in [-0.4, -0.2) is 57.9 Å². The van der Waals surface area contributed by atoms with Gasteiger partial charge < -0.3 is 10.2 Å². The lowest BCUT2D eigenvalue weighted by Gasteiger charge is -2.21. The summed E-state index contributed by atoms with van der Waals surface area (Å²) < 4.78 is 27.4. The molecule has 5 nitrogen and oxygen atoms in total. The Morgan fingerprint density at radius 3 is 2.67 bits per heavy atom. The van der Waals surface area contributed by atoms with Gasteiger partial charge in [-0.25, -0.2) is 8.42 Å². The maximum absolute atomic E-state index is 12.9. The van der Waals surface area contributed by atoms with Crippen molar-refractivity contribution in [3.05, 3.63) is 29.3 Å². The molecular weight excluding hydrogens is 286 g/mol. The number of rotatable bonds is 4. The van der Waals surface area contributed by atoms with E-state index in [4.69, 9.17) is 0 Å². The molecule has 118 valence electrons. The van der Waals surface area contributed by atoms with Crippen LogP contribution in [0, 0.1) is 6.92 Å². The third kappa shape index (κ3) is 3.83. The highest BCUT2D eigenvalue weighted by Gasteiger charge is 2.27. The summed E-state index contributed by atoms with van der Waals surface area (Å²) >= 11 is 0. The molecule has 1 fully saturated rings. The quantitative estimate of drug-likeness (QED) is 0.903. The molecule has 0 aliphatic carbocycles. The molecule has 1 aromatic carbocycles. The normalized spacial score (nSPS) is 18.6. The summed E-state index contributed by atoms with van der Waals surface area (Å²) in [6, 6.07) is 5.67. The maximum Gasteiger partial charge on any atom is 0.243 e. The fourth-order valence-corrected chi connectivity index (χ4v) is 4.38. The Kier molecular flexibility index (Phi) is 5.37. The number of hydrogen-bond acceptors (Lipinski definition) is 4. The summed E-state index contributed by atoms with van der Waals surface area (Å²) in [5, 5.41) is 3.06. The van der Waals surface area contributed by atoms with Gasteiger partial charge in [0.25, 0.3) is 0 Å². The summed E-state index contributed by atoms with van der Waals surface area (Å²) in [5.41, 5.74) is 1.81. The van der Waals surface area contributed by atoms with E-state index in [1.54, 1.807) is 10.4 Å². The standard InChI is InChI=1S/C15H25N3O2S/c1-13-5-6-14(12-16-2)11-15(13)21(19,20)18-8-4-7-17(3)9-10-18/h5-6,11,16H,4,7-10,12H2,1-3H3. The largest absolute Gasteiger partial charge is 0.316 e. The average Bonchev–Trinajstić information content (AvgIpc) is 2.66. The van der Waals surface area contributed by atoms with Crippen LogP contribution in [0.3, 0.4) is 0 Å². The van der Waals surface area contributed by atoms with E-state index >= 15 is 0 Å². The Balaban J connectivity index is 2.32. The molecule has 0 radical (unpaired) electrons. The summed E-state index contributed by atoms with van der Waals surface area (Å²) in [5.74, 6) is 0. The van der Waals surface area contributed by atoms with Crippen LogP contribution in [0.2, 0.25) is 0 Å².